The van der Waals surface area contributed by atoms with Gasteiger partial charge in [0.05, 0.1) is 0 Å². The third-order valence-corrected chi connectivity index (χ3v) is 12.0. The van der Waals surface area contributed by atoms with Gasteiger partial charge in [0.1, 0.15) is 5.52 Å². The monoisotopic (exact) mass is 714 g/mol. The van der Waals surface area contributed by atoms with E-state index in [1.54, 1.807) is 22.7 Å². The molecule has 4 aromatic heterocycles. The van der Waals surface area contributed by atoms with E-state index in [4.69, 9.17) is 24.4 Å². The Balaban J connectivity index is 1.08. The van der Waals surface area contributed by atoms with Crippen LogP contribution in [0.2, 0.25) is 0 Å². The molecule has 0 aliphatic carbocycles. The molecule has 0 fully saturated rings. The van der Waals surface area contributed by atoms with Gasteiger partial charge in [-0.15, -0.1) is 22.7 Å². The molecule has 0 spiro atoms. The number of hydrogen-bond acceptors (Lipinski definition) is 7. The fourth-order valence-corrected chi connectivity index (χ4v) is 9.51. The minimum absolute atomic E-state index is 0.610. The second kappa shape index (κ2) is 12.0. The Morgan fingerprint density at radius 2 is 0.981 bits per heavy atom. The average Bonchev–Trinajstić information content (AvgIpc) is 3.94. The third-order valence-electron chi connectivity index (χ3n) is 9.78. The fourth-order valence-electron chi connectivity index (χ4n) is 7.23. The van der Waals surface area contributed by atoms with Crippen molar-refractivity contribution in [2.24, 2.45) is 0 Å². The molecule has 7 heteroatoms. The second-order valence-electron chi connectivity index (χ2n) is 13.0. The molecular weight excluding hydrogens is 689 g/mol. The topological polar surface area (TPSA) is 64.7 Å². The van der Waals surface area contributed by atoms with Gasteiger partial charge in [-0.1, -0.05) is 103 Å². The van der Waals surface area contributed by atoms with Gasteiger partial charge in [-0.2, -0.15) is 0 Å². The summed E-state index contributed by atoms with van der Waals surface area (Å²) in [5, 5.41) is 4.88. The second-order valence-corrected chi connectivity index (χ2v) is 15.2. The molecule has 11 aromatic rings. The zero-order valence-corrected chi connectivity index (χ0v) is 29.7. The molecule has 0 bridgehead atoms. The molecule has 0 radical (unpaired) electrons. The number of oxazole rings is 1. The lowest BCUT2D eigenvalue weighted by atomic mass is 10.0. The number of rotatable bonds is 5. The van der Waals surface area contributed by atoms with Crippen LogP contribution < -0.4 is 0 Å². The van der Waals surface area contributed by atoms with E-state index in [0.717, 1.165) is 44.5 Å². The quantitative estimate of drug-likeness (QED) is 0.178. The van der Waals surface area contributed by atoms with Crippen LogP contribution in [-0.4, -0.2) is 19.9 Å². The van der Waals surface area contributed by atoms with Crippen LogP contribution in [-0.2, 0) is 0 Å². The molecule has 7 aromatic carbocycles. The van der Waals surface area contributed by atoms with Gasteiger partial charge in [0, 0.05) is 62.6 Å². The van der Waals surface area contributed by atoms with Crippen molar-refractivity contribution in [3.8, 4) is 56.7 Å². The van der Waals surface area contributed by atoms with Gasteiger partial charge in [0.25, 0.3) is 0 Å². The predicted octanol–water partition coefficient (Wildman–Crippen LogP) is 13.1. The van der Waals surface area contributed by atoms with Crippen LogP contribution in [0.3, 0.4) is 0 Å². The maximum Gasteiger partial charge on any atom is 0.227 e. The van der Waals surface area contributed by atoms with Crippen LogP contribution in [0.25, 0.3) is 108 Å². The van der Waals surface area contributed by atoms with Crippen molar-refractivity contribution in [1.82, 2.24) is 19.9 Å². The Morgan fingerprint density at radius 3 is 1.85 bits per heavy atom. The van der Waals surface area contributed by atoms with Crippen LogP contribution in [0.1, 0.15) is 0 Å². The number of nitrogens with zero attached hydrogens (tertiary/aromatic N) is 4. The van der Waals surface area contributed by atoms with Crippen molar-refractivity contribution >= 4 is 74.1 Å². The lowest BCUT2D eigenvalue weighted by molar-refractivity contribution is 0.620. The van der Waals surface area contributed by atoms with Crippen molar-refractivity contribution in [3.05, 3.63) is 158 Å². The first-order valence-corrected chi connectivity index (χ1v) is 19.0. The molecule has 0 aliphatic rings. The van der Waals surface area contributed by atoms with Crippen molar-refractivity contribution in [1.29, 1.82) is 0 Å². The first-order chi connectivity index (χ1) is 26.2. The molecular formula is C46H26N4OS2. The highest BCUT2D eigenvalue weighted by Gasteiger charge is 2.18. The van der Waals surface area contributed by atoms with Crippen molar-refractivity contribution < 1.29 is 4.42 Å². The average molecular weight is 715 g/mol. The van der Waals surface area contributed by atoms with Gasteiger partial charge < -0.3 is 4.42 Å². The van der Waals surface area contributed by atoms with Gasteiger partial charge in [0.2, 0.25) is 5.89 Å². The molecule has 0 aliphatic heterocycles. The van der Waals surface area contributed by atoms with Gasteiger partial charge in [-0.3, -0.25) is 0 Å². The maximum atomic E-state index is 6.11. The van der Waals surface area contributed by atoms with E-state index in [-0.39, 0.29) is 0 Å². The Bertz CT molecular complexity index is 3200. The van der Waals surface area contributed by atoms with E-state index < -0.39 is 0 Å². The Kier molecular flexibility index (Phi) is 6.83. The summed E-state index contributed by atoms with van der Waals surface area (Å²) in [6, 6.07) is 54.6. The first-order valence-electron chi connectivity index (χ1n) is 17.4. The molecule has 11 rings (SSSR count). The summed E-state index contributed by atoms with van der Waals surface area (Å²) in [5.74, 6) is 2.52. The molecule has 0 unspecified atom stereocenters. The first kappa shape index (κ1) is 30.1. The SMILES string of the molecule is c1ccc(-c2nc3cc(-c4cccc(-c5nc(-c6ccc7c(c6)sc6ccccc67)nc(-c6cccc7sc8ccccc8c67)n5)c4)ccc3o2)cc1. The number of fused-ring (bicyclic) bond motifs is 7. The number of aromatic nitrogens is 4. The van der Waals surface area contributed by atoms with Crippen LogP contribution in [0.5, 0.6) is 0 Å². The normalized spacial score (nSPS) is 11.8. The fraction of sp³-hybridized carbons (Fsp3) is 0. The van der Waals surface area contributed by atoms with Gasteiger partial charge in [0.15, 0.2) is 23.1 Å². The van der Waals surface area contributed by atoms with E-state index in [0.29, 0.717) is 23.4 Å². The highest BCUT2D eigenvalue weighted by atomic mass is 32.1. The van der Waals surface area contributed by atoms with Crippen molar-refractivity contribution in [2.75, 3.05) is 0 Å². The van der Waals surface area contributed by atoms with E-state index >= 15 is 0 Å². The van der Waals surface area contributed by atoms with Crippen molar-refractivity contribution in [3.63, 3.8) is 0 Å². The summed E-state index contributed by atoms with van der Waals surface area (Å²) < 4.78 is 11.0. The largest absolute Gasteiger partial charge is 0.436 e. The summed E-state index contributed by atoms with van der Waals surface area (Å²) in [4.78, 5) is 20.4. The van der Waals surface area contributed by atoms with E-state index in [1.807, 2.05) is 36.4 Å². The van der Waals surface area contributed by atoms with Gasteiger partial charge in [-0.25, -0.2) is 19.9 Å². The van der Waals surface area contributed by atoms with E-state index in [9.17, 15) is 0 Å². The predicted molar refractivity (Wildman–Crippen MR) is 220 cm³/mol. The molecule has 0 N–H and O–H groups in total. The highest BCUT2D eigenvalue weighted by molar-refractivity contribution is 7.26. The molecule has 248 valence electrons. The molecule has 0 saturated heterocycles. The summed E-state index contributed by atoms with van der Waals surface area (Å²) in [7, 11) is 0. The number of benzene rings is 7. The Hall–Kier alpha value is -6.54. The van der Waals surface area contributed by atoms with Gasteiger partial charge >= 0.3 is 0 Å². The Labute approximate surface area is 311 Å². The van der Waals surface area contributed by atoms with E-state index in [2.05, 4.69) is 121 Å². The minimum atomic E-state index is 0.610. The summed E-state index contributed by atoms with van der Waals surface area (Å²) in [5.41, 5.74) is 7.44. The lowest BCUT2D eigenvalue weighted by Crippen LogP contribution is -2.00. The minimum Gasteiger partial charge on any atom is -0.436 e. The number of thiophene rings is 2. The molecule has 0 atom stereocenters. The summed E-state index contributed by atoms with van der Waals surface area (Å²) in [6.07, 6.45) is 0. The summed E-state index contributed by atoms with van der Waals surface area (Å²) >= 11 is 3.59. The van der Waals surface area contributed by atoms with E-state index in [1.165, 1.54) is 40.3 Å². The van der Waals surface area contributed by atoms with Gasteiger partial charge in [-0.05, 0) is 65.7 Å². The molecule has 4 heterocycles. The van der Waals surface area contributed by atoms with Crippen molar-refractivity contribution in [2.45, 2.75) is 0 Å². The molecule has 53 heavy (non-hydrogen) atoms. The highest BCUT2D eigenvalue weighted by Crippen LogP contribution is 2.41. The zero-order chi connectivity index (χ0) is 34.9. The standard InChI is InChI=1S/C46H26N4OS2/c1-2-10-27(11-3-1)46-47-36-25-29(21-23-37(36)51-46)28-12-8-13-30(24-28)43-48-44(31-20-22-33-32-14-4-6-17-38(32)53-41(33)26-31)50-45(49-43)35-16-9-19-40-42(35)34-15-5-7-18-39(34)52-40/h1-26H. The zero-order valence-electron chi connectivity index (χ0n) is 28.0. The third kappa shape index (κ3) is 5.12. The lowest BCUT2D eigenvalue weighted by Gasteiger charge is -2.11. The molecule has 0 amide bonds. The summed E-state index contributed by atoms with van der Waals surface area (Å²) in [6.45, 7) is 0. The Morgan fingerprint density at radius 1 is 0.377 bits per heavy atom. The van der Waals surface area contributed by atoms with Crippen LogP contribution in [0, 0.1) is 0 Å². The van der Waals surface area contributed by atoms with Crippen LogP contribution in [0.15, 0.2) is 162 Å². The smallest absolute Gasteiger partial charge is 0.227 e. The molecule has 5 nitrogen and oxygen atoms in total. The number of hydrogen-bond donors (Lipinski definition) is 0. The van der Waals surface area contributed by atoms with Crippen LogP contribution >= 0.6 is 22.7 Å². The maximum absolute atomic E-state index is 6.11. The van der Waals surface area contributed by atoms with Crippen LogP contribution in [0.4, 0.5) is 0 Å². The molecule has 0 saturated carbocycles.